The second-order valence-corrected chi connectivity index (χ2v) is 4.18. The van der Waals surface area contributed by atoms with E-state index in [9.17, 15) is 9.59 Å². The number of rotatable bonds is 2. The monoisotopic (exact) mass is 224 g/mol. The molecule has 0 radical (unpaired) electrons. The van der Waals surface area contributed by atoms with Crippen molar-refractivity contribution in [1.29, 1.82) is 0 Å². The van der Waals surface area contributed by atoms with Crippen LogP contribution in [0.2, 0.25) is 0 Å². The predicted molar refractivity (Wildman–Crippen MR) is 57.0 cm³/mol. The maximum Gasteiger partial charge on any atom is 0.294 e. The van der Waals surface area contributed by atoms with Gasteiger partial charge in [0.2, 0.25) is 0 Å². The molecule has 0 amide bonds. The Balaban J connectivity index is 2.55. The molecule has 0 aliphatic carbocycles. The summed E-state index contributed by atoms with van der Waals surface area (Å²) in [6, 6.07) is 9.24. The minimum atomic E-state index is -0.934. The minimum Gasteiger partial charge on any atom is -0.283 e. The van der Waals surface area contributed by atoms with Crippen molar-refractivity contribution in [2.45, 2.75) is 0 Å². The van der Waals surface area contributed by atoms with Crippen LogP contribution in [-0.4, -0.2) is 11.0 Å². The Morgan fingerprint density at radius 3 is 2.57 bits per heavy atom. The van der Waals surface area contributed by atoms with Crippen molar-refractivity contribution >= 4 is 44.0 Å². The van der Waals surface area contributed by atoms with Crippen LogP contribution in [0.3, 0.4) is 0 Å². The first kappa shape index (κ1) is 9.37. The first-order valence-corrected chi connectivity index (χ1v) is 5.10. The highest BCUT2D eigenvalue weighted by Crippen LogP contribution is 2.25. The quantitative estimate of drug-likeness (QED) is 0.447. The van der Waals surface area contributed by atoms with E-state index in [2.05, 4.69) is 0 Å². The lowest BCUT2D eigenvalue weighted by Gasteiger charge is -1.84. The van der Waals surface area contributed by atoms with Gasteiger partial charge < -0.3 is 0 Å². The van der Waals surface area contributed by atoms with E-state index in [1.165, 1.54) is 11.3 Å². The third-order valence-electron chi connectivity index (χ3n) is 1.83. The number of carbonyl (C=O) groups excluding carboxylic acids is 2. The highest BCUT2D eigenvalue weighted by Gasteiger charge is 2.15. The Bertz CT molecular complexity index is 483. The number of hydrogen-bond donors (Lipinski definition) is 0. The van der Waals surface area contributed by atoms with Crippen LogP contribution in [0.1, 0.15) is 9.67 Å². The number of ketones is 1. The summed E-state index contributed by atoms with van der Waals surface area (Å²) in [5.74, 6) is -0.632. The molecular weight excluding hydrogens is 220 g/mol. The highest BCUT2D eigenvalue weighted by atomic mass is 35.5. The highest BCUT2D eigenvalue weighted by molar-refractivity contribution is 7.22. The van der Waals surface area contributed by atoms with Gasteiger partial charge in [-0.2, -0.15) is 0 Å². The maximum atomic E-state index is 11.2. The van der Waals surface area contributed by atoms with Gasteiger partial charge in [0.1, 0.15) is 0 Å². The summed E-state index contributed by atoms with van der Waals surface area (Å²) >= 11 is 6.39. The van der Waals surface area contributed by atoms with Crippen LogP contribution in [0, 0.1) is 0 Å². The zero-order valence-corrected chi connectivity index (χ0v) is 8.56. The molecule has 0 saturated carbocycles. The molecule has 0 aliphatic heterocycles. The second kappa shape index (κ2) is 3.52. The zero-order valence-electron chi connectivity index (χ0n) is 6.99. The molecule has 1 heterocycles. The van der Waals surface area contributed by atoms with Crippen molar-refractivity contribution < 1.29 is 9.59 Å². The van der Waals surface area contributed by atoms with Gasteiger partial charge in [-0.05, 0) is 29.1 Å². The number of hydrogen-bond acceptors (Lipinski definition) is 3. The average molecular weight is 225 g/mol. The number of benzene rings is 1. The number of carbonyl (C=O) groups is 2. The van der Waals surface area contributed by atoms with Gasteiger partial charge in [0.05, 0.1) is 4.88 Å². The molecule has 1 aromatic heterocycles. The number of halogens is 1. The van der Waals surface area contributed by atoms with Gasteiger partial charge in [0.25, 0.3) is 11.0 Å². The molecule has 1 aromatic carbocycles. The average Bonchev–Trinajstić information content (AvgIpc) is 2.59. The molecule has 0 unspecified atom stereocenters. The van der Waals surface area contributed by atoms with E-state index in [1.54, 1.807) is 6.07 Å². The van der Waals surface area contributed by atoms with Gasteiger partial charge in [0, 0.05) is 4.70 Å². The summed E-state index contributed by atoms with van der Waals surface area (Å²) < 4.78 is 0.980. The lowest BCUT2D eigenvalue weighted by Crippen LogP contribution is -2.04. The molecule has 0 spiro atoms. The minimum absolute atomic E-state index is 0.395. The fourth-order valence-corrected chi connectivity index (χ4v) is 2.35. The standard InChI is InChI=1S/C10H5ClO2S/c11-10(13)9(12)8-5-6-3-1-2-4-7(6)14-8/h1-5H. The van der Waals surface area contributed by atoms with Crippen molar-refractivity contribution in [2.24, 2.45) is 0 Å². The van der Waals surface area contributed by atoms with Gasteiger partial charge in [-0.25, -0.2) is 0 Å². The molecule has 0 saturated heterocycles. The Kier molecular flexibility index (Phi) is 2.35. The fourth-order valence-electron chi connectivity index (χ4n) is 1.19. The number of fused-ring (bicyclic) bond motifs is 1. The summed E-state index contributed by atoms with van der Waals surface area (Å²) in [4.78, 5) is 22.3. The first-order chi connectivity index (χ1) is 6.68. The van der Waals surface area contributed by atoms with E-state index in [4.69, 9.17) is 11.6 Å². The molecule has 0 aliphatic rings. The smallest absolute Gasteiger partial charge is 0.283 e. The summed E-state index contributed by atoms with van der Waals surface area (Å²) in [7, 11) is 0. The number of Topliss-reactive ketones (excluding diaryl/α,β-unsaturated/α-hetero) is 1. The van der Waals surface area contributed by atoms with Crippen LogP contribution in [0.5, 0.6) is 0 Å². The Morgan fingerprint density at radius 2 is 1.93 bits per heavy atom. The molecule has 14 heavy (non-hydrogen) atoms. The van der Waals surface area contributed by atoms with Crippen molar-refractivity contribution in [1.82, 2.24) is 0 Å². The molecule has 0 atom stereocenters. The van der Waals surface area contributed by atoms with E-state index < -0.39 is 11.0 Å². The van der Waals surface area contributed by atoms with Crippen molar-refractivity contribution in [3.63, 3.8) is 0 Å². The fraction of sp³-hybridized carbons (Fsp3) is 0. The third-order valence-corrected chi connectivity index (χ3v) is 3.11. The molecular formula is C10H5ClO2S. The van der Waals surface area contributed by atoms with Gasteiger partial charge in [-0.15, -0.1) is 11.3 Å². The third kappa shape index (κ3) is 1.56. The molecule has 4 heteroatoms. The van der Waals surface area contributed by atoms with Crippen LogP contribution in [0.4, 0.5) is 0 Å². The Morgan fingerprint density at radius 1 is 1.21 bits per heavy atom. The molecule has 2 rings (SSSR count). The SMILES string of the molecule is O=C(Cl)C(=O)c1cc2ccccc2s1. The molecule has 0 bridgehead atoms. The van der Waals surface area contributed by atoms with Crippen LogP contribution >= 0.6 is 22.9 Å². The zero-order chi connectivity index (χ0) is 10.1. The summed E-state index contributed by atoms with van der Waals surface area (Å²) in [5, 5.41) is 0.0234. The lowest BCUT2D eigenvalue weighted by molar-refractivity contribution is -0.108. The molecule has 2 nitrogen and oxygen atoms in total. The predicted octanol–water partition coefficient (Wildman–Crippen LogP) is 2.85. The van der Waals surface area contributed by atoms with E-state index in [-0.39, 0.29) is 0 Å². The first-order valence-electron chi connectivity index (χ1n) is 3.91. The normalized spacial score (nSPS) is 10.4. The molecule has 0 N–H and O–H groups in total. The molecule has 0 fully saturated rings. The van der Waals surface area contributed by atoms with E-state index >= 15 is 0 Å². The van der Waals surface area contributed by atoms with E-state index in [0.29, 0.717) is 4.88 Å². The van der Waals surface area contributed by atoms with Crippen molar-refractivity contribution in [3.8, 4) is 0 Å². The largest absolute Gasteiger partial charge is 0.294 e. The van der Waals surface area contributed by atoms with Gasteiger partial charge in [-0.3, -0.25) is 9.59 Å². The summed E-state index contributed by atoms with van der Waals surface area (Å²) in [5.41, 5.74) is 0. The van der Waals surface area contributed by atoms with Crippen LogP contribution in [-0.2, 0) is 4.79 Å². The van der Waals surface area contributed by atoms with E-state index in [1.807, 2.05) is 24.3 Å². The molecule has 70 valence electrons. The van der Waals surface area contributed by atoms with Gasteiger partial charge in [0.15, 0.2) is 0 Å². The van der Waals surface area contributed by atoms with E-state index in [0.717, 1.165) is 10.1 Å². The van der Waals surface area contributed by atoms with Crippen molar-refractivity contribution in [2.75, 3.05) is 0 Å². The van der Waals surface area contributed by atoms with Crippen molar-refractivity contribution in [3.05, 3.63) is 35.2 Å². The Hall–Kier alpha value is -1.19. The van der Waals surface area contributed by atoms with Gasteiger partial charge in [-0.1, -0.05) is 18.2 Å². The van der Waals surface area contributed by atoms with Crippen LogP contribution < -0.4 is 0 Å². The van der Waals surface area contributed by atoms with Crippen LogP contribution in [0.25, 0.3) is 10.1 Å². The van der Waals surface area contributed by atoms with Gasteiger partial charge >= 0.3 is 0 Å². The summed E-state index contributed by atoms with van der Waals surface area (Å²) in [6.07, 6.45) is 0. The maximum absolute atomic E-state index is 11.2. The molecule has 2 aromatic rings. The second-order valence-electron chi connectivity index (χ2n) is 2.75. The summed E-state index contributed by atoms with van der Waals surface area (Å²) in [6.45, 7) is 0. The Labute approximate surface area is 89.1 Å². The lowest BCUT2D eigenvalue weighted by atomic mass is 10.2. The number of thiophene rings is 1. The topological polar surface area (TPSA) is 34.1 Å². The van der Waals surface area contributed by atoms with Crippen LogP contribution in [0.15, 0.2) is 30.3 Å².